The van der Waals surface area contributed by atoms with Crippen LogP contribution in [0.15, 0.2) is 18.2 Å². The van der Waals surface area contributed by atoms with Crippen molar-refractivity contribution < 1.29 is 14.5 Å². The van der Waals surface area contributed by atoms with Crippen LogP contribution in [-0.2, 0) is 0 Å². The van der Waals surface area contributed by atoms with Crippen LogP contribution in [0.5, 0.6) is 11.5 Å². The highest BCUT2D eigenvalue weighted by Gasteiger charge is 2.12. The second-order valence-corrected chi connectivity index (χ2v) is 2.73. The minimum absolute atomic E-state index is 0.374. The lowest BCUT2D eigenvalue weighted by Crippen LogP contribution is -2.16. The summed E-state index contributed by atoms with van der Waals surface area (Å²) in [5.74, 6) is 1.15. The fourth-order valence-electron chi connectivity index (χ4n) is 1.22. The van der Waals surface area contributed by atoms with Gasteiger partial charge in [0.15, 0.2) is 16.5 Å². The van der Waals surface area contributed by atoms with E-state index in [0.29, 0.717) is 30.4 Å². The van der Waals surface area contributed by atoms with Gasteiger partial charge < -0.3 is 9.47 Å². The highest BCUT2D eigenvalue weighted by atomic mass is 16.7. The lowest BCUT2D eigenvalue weighted by Gasteiger charge is -2.18. The number of ether oxygens (including phenoxy) is 2. The van der Waals surface area contributed by atoms with Crippen molar-refractivity contribution in [2.24, 2.45) is 0 Å². The summed E-state index contributed by atoms with van der Waals surface area (Å²) in [6.45, 7) is 0.976. The highest BCUT2D eigenvalue weighted by molar-refractivity contribution is 5.54. The van der Waals surface area contributed by atoms with Crippen molar-refractivity contribution in [1.82, 2.24) is 0 Å². The van der Waals surface area contributed by atoms with Crippen LogP contribution in [0.4, 0.5) is 5.69 Å². The maximum atomic E-state index is 10.2. The number of nitrogens with one attached hydrogen (secondary N) is 1. The summed E-state index contributed by atoms with van der Waals surface area (Å²) in [4.78, 5) is 10.2. The van der Waals surface area contributed by atoms with Crippen molar-refractivity contribution in [1.29, 1.82) is 0 Å². The fourth-order valence-corrected chi connectivity index (χ4v) is 1.22. The summed E-state index contributed by atoms with van der Waals surface area (Å²) >= 11 is 0. The number of hydrogen-bond donors (Lipinski definition) is 1. The van der Waals surface area contributed by atoms with Crippen LogP contribution in [0.2, 0.25) is 0 Å². The van der Waals surface area contributed by atoms with Gasteiger partial charge in [0.1, 0.15) is 18.9 Å². The molecule has 1 aliphatic heterocycles. The summed E-state index contributed by atoms with van der Waals surface area (Å²) in [6.07, 6.45) is 0. The number of hydrazine groups is 1. The zero-order valence-electron chi connectivity index (χ0n) is 7.23. The zero-order chi connectivity index (χ0) is 9.97. The topological polar surface area (TPSA) is 73.6 Å². The Morgan fingerprint density at radius 1 is 1.29 bits per heavy atom. The van der Waals surface area contributed by atoms with Crippen molar-refractivity contribution in [3.05, 3.63) is 28.3 Å². The van der Waals surface area contributed by atoms with Gasteiger partial charge in [0.25, 0.3) is 0 Å². The highest BCUT2D eigenvalue weighted by Crippen LogP contribution is 2.32. The van der Waals surface area contributed by atoms with Gasteiger partial charge in [-0.3, -0.25) is 0 Å². The standard InChI is InChI=1S/C8H8N2O4/c11-10(12)9-6-1-2-7-8(5-6)14-4-3-13-7/h1-2,5,9H,3-4H2. The Bertz CT molecular complexity index is 366. The van der Waals surface area contributed by atoms with Crippen LogP contribution in [0, 0.1) is 10.1 Å². The molecule has 74 valence electrons. The molecule has 1 aliphatic rings. The fraction of sp³-hybridized carbons (Fsp3) is 0.250. The number of anilines is 1. The van der Waals surface area contributed by atoms with Gasteiger partial charge >= 0.3 is 0 Å². The van der Waals surface area contributed by atoms with Crippen molar-refractivity contribution in [3.8, 4) is 11.5 Å². The number of fused-ring (bicyclic) bond motifs is 1. The van der Waals surface area contributed by atoms with Gasteiger partial charge in [-0.15, -0.1) is 5.43 Å². The minimum Gasteiger partial charge on any atom is -0.486 e. The Morgan fingerprint density at radius 2 is 2.00 bits per heavy atom. The third-order valence-electron chi connectivity index (χ3n) is 1.76. The number of nitro groups is 1. The van der Waals surface area contributed by atoms with Crippen LogP contribution in [-0.4, -0.2) is 18.2 Å². The maximum absolute atomic E-state index is 10.2. The van der Waals surface area contributed by atoms with E-state index in [2.05, 4.69) is 0 Å². The first-order valence-electron chi connectivity index (χ1n) is 4.06. The Labute approximate surface area is 79.6 Å². The average molecular weight is 196 g/mol. The summed E-state index contributed by atoms with van der Waals surface area (Å²) in [7, 11) is 0. The molecule has 0 atom stereocenters. The zero-order valence-corrected chi connectivity index (χ0v) is 7.23. The SMILES string of the molecule is O=[N+]([O-])Nc1ccc2c(c1)OCCO2. The maximum Gasteiger partial charge on any atom is 0.163 e. The lowest BCUT2D eigenvalue weighted by atomic mass is 10.2. The van der Waals surface area contributed by atoms with Crippen LogP contribution < -0.4 is 14.9 Å². The predicted molar refractivity (Wildman–Crippen MR) is 48.0 cm³/mol. The summed E-state index contributed by atoms with van der Waals surface area (Å²) in [5, 5.41) is 9.54. The molecule has 1 aromatic carbocycles. The van der Waals surface area contributed by atoms with E-state index in [9.17, 15) is 10.1 Å². The molecule has 1 aromatic rings. The van der Waals surface area contributed by atoms with E-state index in [0.717, 1.165) is 0 Å². The normalized spacial score (nSPS) is 13.4. The monoisotopic (exact) mass is 196 g/mol. The molecule has 6 nitrogen and oxygen atoms in total. The molecule has 0 saturated carbocycles. The molecular formula is C8H8N2O4. The van der Waals surface area contributed by atoms with Gasteiger partial charge in [-0.1, -0.05) is 0 Å². The van der Waals surface area contributed by atoms with Gasteiger partial charge in [-0.2, -0.15) is 0 Å². The van der Waals surface area contributed by atoms with Gasteiger partial charge in [-0.25, -0.2) is 10.1 Å². The molecule has 0 bridgehead atoms. The van der Waals surface area contributed by atoms with Crippen molar-refractivity contribution in [3.63, 3.8) is 0 Å². The van der Waals surface area contributed by atoms with E-state index in [4.69, 9.17) is 9.47 Å². The Kier molecular flexibility index (Phi) is 2.10. The second-order valence-electron chi connectivity index (χ2n) is 2.73. The van der Waals surface area contributed by atoms with E-state index in [-0.39, 0.29) is 0 Å². The van der Waals surface area contributed by atoms with E-state index < -0.39 is 5.03 Å². The molecule has 0 aliphatic carbocycles. The first-order chi connectivity index (χ1) is 6.75. The molecule has 0 amide bonds. The van der Waals surface area contributed by atoms with Crippen molar-refractivity contribution in [2.75, 3.05) is 18.6 Å². The molecule has 1 N–H and O–H groups in total. The predicted octanol–water partition coefficient (Wildman–Crippen LogP) is 1.06. The smallest absolute Gasteiger partial charge is 0.163 e. The number of rotatable bonds is 2. The molecule has 2 rings (SSSR count). The van der Waals surface area contributed by atoms with Gasteiger partial charge in [-0.05, 0) is 12.1 Å². The third-order valence-corrected chi connectivity index (χ3v) is 1.76. The summed E-state index contributed by atoms with van der Waals surface area (Å²) < 4.78 is 10.5. The molecule has 0 spiro atoms. The van der Waals surface area contributed by atoms with E-state index in [1.165, 1.54) is 6.07 Å². The van der Waals surface area contributed by atoms with Crippen LogP contribution in [0.1, 0.15) is 0 Å². The third kappa shape index (κ3) is 1.68. The minimum atomic E-state index is -0.620. The molecule has 0 radical (unpaired) electrons. The molecule has 0 unspecified atom stereocenters. The largest absolute Gasteiger partial charge is 0.486 e. The summed E-state index contributed by atoms with van der Waals surface area (Å²) in [5.41, 5.74) is 2.42. The first-order valence-corrected chi connectivity index (χ1v) is 4.06. The molecular weight excluding hydrogens is 188 g/mol. The van der Waals surface area contributed by atoms with Gasteiger partial charge in [0.05, 0.1) is 0 Å². The van der Waals surface area contributed by atoms with Gasteiger partial charge in [0.2, 0.25) is 0 Å². The number of nitrogens with zero attached hydrogens (tertiary/aromatic N) is 1. The molecule has 14 heavy (non-hydrogen) atoms. The average Bonchev–Trinajstić information content (AvgIpc) is 2.17. The quantitative estimate of drug-likeness (QED) is 0.565. The molecule has 1 heterocycles. The Hall–Kier alpha value is -1.98. The van der Waals surface area contributed by atoms with E-state index in [1.807, 2.05) is 5.43 Å². The number of hydrogen-bond acceptors (Lipinski definition) is 4. The number of benzene rings is 1. The molecule has 0 aromatic heterocycles. The van der Waals surface area contributed by atoms with Crippen LogP contribution in [0.3, 0.4) is 0 Å². The first kappa shape index (κ1) is 8.61. The second kappa shape index (κ2) is 3.41. The van der Waals surface area contributed by atoms with E-state index >= 15 is 0 Å². The van der Waals surface area contributed by atoms with Crippen molar-refractivity contribution in [2.45, 2.75) is 0 Å². The van der Waals surface area contributed by atoms with Crippen molar-refractivity contribution >= 4 is 5.69 Å². The lowest BCUT2D eigenvalue weighted by molar-refractivity contribution is -0.445. The molecule has 6 heteroatoms. The van der Waals surface area contributed by atoms with Gasteiger partial charge in [0, 0.05) is 6.07 Å². The Balaban J connectivity index is 2.24. The van der Waals surface area contributed by atoms with Crippen LogP contribution >= 0.6 is 0 Å². The molecule has 0 saturated heterocycles. The molecule has 0 fully saturated rings. The van der Waals surface area contributed by atoms with Crippen LogP contribution in [0.25, 0.3) is 0 Å². The summed E-state index contributed by atoms with van der Waals surface area (Å²) in [6, 6.07) is 4.74. The Morgan fingerprint density at radius 3 is 2.71 bits per heavy atom. The van der Waals surface area contributed by atoms with E-state index in [1.54, 1.807) is 12.1 Å².